The minimum Gasteiger partial charge on any atom is -0.465 e. The van der Waals surface area contributed by atoms with Crippen LogP contribution >= 0.6 is 11.8 Å². The van der Waals surface area contributed by atoms with E-state index in [1.807, 2.05) is 73.0 Å². The topological polar surface area (TPSA) is 59.8 Å². The maximum atomic E-state index is 13.2. The average molecular weight is 434 g/mol. The minimum absolute atomic E-state index is 0.123. The number of benzene rings is 3. The Balaban J connectivity index is 1.62. The normalized spacial score (nSPS) is 11.0. The highest BCUT2D eigenvalue weighted by molar-refractivity contribution is 7.98. The summed E-state index contributed by atoms with van der Waals surface area (Å²) in [5, 5.41) is 1.99. The summed E-state index contributed by atoms with van der Waals surface area (Å²) in [6.07, 6.45) is 2.16. The number of esters is 1. The number of carbonyl (C=O) groups excluding carboxylic acids is 2. The Labute approximate surface area is 185 Å². The van der Waals surface area contributed by atoms with Gasteiger partial charge in [0.05, 0.1) is 13.0 Å². The van der Waals surface area contributed by atoms with Crippen molar-refractivity contribution in [2.75, 3.05) is 24.3 Å². The molecular formula is C25H23NO4S. The van der Waals surface area contributed by atoms with Gasteiger partial charge in [0.25, 0.3) is 0 Å². The highest BCUT2D eigenvalue weighted by Gasteiger charge is 2.21. The largest absolute Gasteiger partial charge is 0.465 e. The van der Waals surface area contributed by atoms with Crippen LogP contribution in [0.2, 0.25) is 0 Å². The number of hydrogen-bond donors (Lipinski definition) is 0. The van der Waals surface area contributed by atoms with Gasteiger partial charge in [0, 0.05) is 21.4 Å². The average Bonchev–Trinajstić information content (AvgIpc) is 3.16. The SMILES string of the molecule is CCOC(=O)CN(C(=O)Cc1ccc2oc3ccccc3c2c1)c1ccc(SC)cc1. The van der Waals surface area contributed by atoms with Gasteiger partial charge in [-0.15, -0.1) is 11.8 Å². The lowest BCUT2D eigenvalue weighted by molar-refractivity contribution is -0.142. The highest BCUT2D eigenvalue weighted by atomic mass is 32.2. The summed E-state index contributed by atoms with van der Waals surface area (Å²) in [4.78, 5) is 28.0. The van der Waals surface area contributed by atoms with Crippen LogP contribution in [0.3, 0.4) is 0 Å². The molecule has 3 aromatic carbocycles. The van der Waals surface area contributed by atoms with E-state index in [0.29, 0.717) is 5.69 Å². The number of anilines is 1. The Morgan fingerprint density at radius 1 is 0.968 bits per heavy atom. The van der Waals surface area contributed by atoms with E-state index in [0.717, 1.165) is 32.4 Å². The number of fused-ring (bicyclic) bond motifs is 3. The van der Waals surface area contributed by atoms with Gasteiger partial charge in [-0.2, -0.15) is 0 Å². The zero-order valence-corrected chi connectivity index (χ0v) is 18.3. The second-order valence-corrected chi connectivity index (χ2v) is 7.97. The number of para-hydroxylation sites is 1. The number of thioether (sulfide) groups is 1. The van der Waals surface area contributed by atoms with E-state index >= 15 is 0 Å². The van der Waals surface area contributed by atoms with Gasteiger partial charge in [-0.3, -0.25) is 9.59 Å². The molecule has 6 heteroatoms. The first-order valence-corrected chi connectivity index (χ1v) is 11.3. The number of ether oxygens (including phenoxy) is 1. The van der Waals surface area contributed by atoms with Crippen molar-refractivity contribution in [3.63, 3.8) is 0 Å². The van der Waals surface area contributed by atoms with Gasteiger partial charge in [-0.05, 0) is 61.2 Å². The molecule has 0 saturated heterocycles. The molecular weight excluding hydrogens is 410 g/mol. The Hall–Kier alpha value is -3.25. The van der Waals surface area contributed by atoms with Crippen LogP contribution in [0.15, 0.2) is 76.0 Å². The molecule has 1 heterocycles. The second-order valence-electron chi connectivity index (χ2n) is 7.09. The smallest absolute Gasteiger partial charge is 0.326 e. The molecule has 0 saturated carbocycles. The Bertz CT molecular complexity index is 1230. The number of carbonyl (C=O) groups is 2. The van der Waals surface area contributed by atoms with Crippen molar-refractivity contribution in [3.05, 3.63) is 72.3 Å². The standard InChI is InChI=1S/C25H23NO4S/c1-3-29-25(28)16-26(18-9-11-19(31-2)12-10-18)24(27)15-17-8-13-23-21(14-17)20-6-4-5-7-22(20)30-23/h4-14H,3,15-16H2,1-2H3. The third kappa shape index (κ3) is 4.59. The molecule has 158 valence electrons. The van der Waals surface area contributed by atoms with Gasteiger partial charge in [0.1, 0.15) is 17.7 Å². The third-order valence-electron chi connectivity index (χ3n) is 5.07. The summed E-state index contributed by atoms with van der Waals surface area (Å²) >= 11 is 1.62. The number of amides is 1. The molecule has 0 fully saturated rings. The number of nitrogens with zero attached hydrogens (tertiary/aromatic N) is 1. The first-order chi connectivity index (χ1) is 15.1. The summed E-state index contributed by atoms with van der Waals surface area (Å²) < 4.78 is 11.0. The van der Waals surface area contributed by atoms with E-state index in [1.54, 1.807) is 18.7 Å². The zero-order chi connectivity index (χ0) is 21.8. The molecule has 0 radical (unpaired) electrons. The fraction of sp³-hybridized carbons (Fsp3) is 0.200. The molecule has 0 aliphatic rings. The second kappa shape index (κ2) is 9.27. The van der Waals surface area contributed by atoms with Crippen molar-refractivity contribution in [2.24, 2.45) is 0 Å². The maximum Gasteiger partial charge on any atom is 0.326 e. The van der Waals surface area contributed by atoms with Crippen LogP contribution in [0.25, 0.3) is 21.9 Å². The van der Waals surface area contributed by atoms with E-state index in [4.69, 9.17) is 9.15 Å². The molecule has 1 aromatic heterocycles. The molecule has 1 amide bonds. The summed E-state index contributed by atoms with van der Waals surface area (Å²) in [6, 6.07) is 21.2. The summed E-state index contributed by atoms with van der Waals surface area (Å²) in [7, 11) is 0. The lowest BCUT2D eigenvalue weighted by atomic mass is 10.1. The van der Waals surface area contributed by atoms with E-state index in [9.17, 15) is 9.59 Å². The van der Waals surface area contributed by atoms with Crippen LogP contribution in [0.4, 0.5) is 5.69 Å². The molecule has 5 nitrogen and oxygen atoms in total. The van der Waals surface area contributed by atoms with Crippen LogP contribution in [0, 0.1) is 0 Å². The van der Waals surface area contributed by atoms with Crippen molar-refractivity contribution >= 4 is 51.3 Å². The van der Waals surface area contributed by atoms with Crippen LogP contribution in [0.1, 0.15) is 12.5 Å². The van der Waals surface area contributed by atoms with Crippen LogP contribution in [-0.2, 0) is 20.7 Å². The van der Waals surface area contributed by atoms with Gasteiger partial charge < -0.3 is 14.1 Å². The summed E-state index contributed by atoms with van der Waals surface area (Å²) in [5.74, 6) is -0.599. The van der Waals surface area contributed by atoms with Gasteiger partial charge in [-0.1, -0.05) is 24.3 Å². The van der Waals surface area contributed by atoms with Crippen molar-refractivity contribution in [1.82, 2.24) is 0 Å². The molecule has 4 aromatic rings. The van der Waals surface area contributed by atoms with E-state index in [-0.39, 0.29) is 25.5 Å². The van der Waals surface area contributed by atoms with E-state index in [1.165, 1.54) is 4.90 Å². The molecule has 0 N–H and O–H groups in total. The lowest BCUT2D eigenvalue weighted by Crippen LogP contribution is -2.37. The predicted molar refractivity (Wildman–Crippen MR) is 125 cm³/mol. The summed E-state index contributed by atoms with van der Waals surface area (Å²) in [5.41, 5.74) is 3.14. The van der Waals surface area contributed by atoms with Gasteiger partial charge in [-0.25, -0.2) is 0 Å². The Kier molecular flexibility index (Phi) is 6.28. The predicted octanol–water partition coefficient (Wildman–Crippen LogP) is 5.45. The summed E-state index contributed by atoms with van der Waals surface area (Å²) in [6.45, 7) is 1.90. The minimum atomic E-state index is -0.430. The van der Waals surface area contributed by atoms with Crippen molar-refractivity contribution in [2.45, 2.75) is 18.2 Å². The monoisotopic (exact) mass is 433 g/mol. The van der Waals surface area contributed by atoms with Crippen molar-refractivity contribution in [1.29, 1.82) is 0 Å². The number of hydrogen-bond acceptors (Lipinski definition) is 5. The van der Waals surface area contributed by atoms with Crippen molar-refractivity contribution < 1.29 is 18.7 Å². The van der Waals surface area contributed by atoms with E-state index < -0.39 is 5.97 Å². The zero-order valence-electron chi connectivity index (χ0n) is 17.5. The highest BCUT2D eigenvalue weighted by Crippen LogP contribution is 2.29. The molecule has 0 unspecified atom stereocenters. The van der Waals surface area contributed by atoms with Gasteiger partial charge >= 0.3 is 5.97 Å². The number of rotatable bonds is 7. The van der Waals surface area contributed by atoms with Gasteiger partial charge in [0.15, 0.2) is 0 Å². The van der Waals surface area contributed by atoms with Crippen molar-refractivity contribution in [3.8, 4) is 0 Å². The maximum absolute atomic E-state index is 13.2. The first kappa shape index (κ1) is 21.0. The molecule has 0 atom stereocenters. The van der Waals surface area contributed by atoms with Crippen LogP contribution in [-0.4, -0.2) is 31.3 Å². The first-order valence-electron chi connectivity index (χ1n) is 10.1. The third-order valence-corrected chi connectivity index (χ3v) is 5.82. The lowest BCUT2D eigenvalue weighted by Gasteiger charge is -2.22. The molecule has 0 spiro atoms. The fourth-order valence-corrected chi connectivity index (χ4v) is 3.98. The fourth-order valence-electron chi connectivity index (χ4n) is 3.57. The molecule has 4 rings (SSSR count). The Morgan fingerprint density at radius 3 is 2.45 bits per heavy atom. The van der Waals surface area contributed by atoms with Crippen LogP contribution in [0.5, 0.6) is 0 Å². The quantitative estimate of drug-likeness (QED) is 0.287. The van der Waals surface area contributed by atoms with E-state index in [2.05, 4.69) is 0 Å². The van der Waals surface area contributed by atoms with Crippen LogP contribution < -0.4 is 4.90 Å². The van der Waals surface area contributed by atoms with Gasteiger partial charge in [0.2, 0.25) is 5.91 Å². The number of furan rings is 1. The molecule has 0 aliphatic heterocycles. The molecule has 0 aliphatic carbocycles. The Morgan fingerprint density at radius 2 is 1.71 bits per heavy atom. The molecule has 0 bridgehead atoms. The molecule has 31 heavy (non-hydrogen) atoms.